The normalized spacial score (nSPS) is 12.7. The lowest BCUT2D eigenvalue weighted by atomic mass is 10.1. The summed E-state index contributed by atoms with van der Waals surface area (Å²) in [6, 6.07) is 21.2. The Morgan fingerprint density at radius 1 is 0.903 bits per heavy atom. The molecule has 1 aliphatic rings. The van der Waals surface area contributed by atoms with Crippen LogP contribution in [0.3, 0.4) is 0 Å². The van der Waals surface area contributed by atoms with Gasteiger partial charge in [-0.25, -0.2) is 0 Å². The van der Waals surface area contributed by atoms with Crippen molar-refractivity contribution in [3.63, 3.8) is 0 Å². The first kappa shape index (κ1) is 21.2. The zero-order chi connectivity index (χ0) is 21.8. The fourth-order valence-electron chi connectivity index (χ4n) is 3.35. The minimum Gasteiger partial charge on any atom is -0.322 e. The van der Waals surface area contributed by atoms with Gasteiger partial charge in [-0.05, 0) is 60.7 Å². The molecule has 31 heavy (non-hydrogen) atoms. The lowest BCUT2D eigenvalue weighted by molar-refractivity contribution is 0.0654. The van der Waals surface area contributed by atoms with Crippen LogP contribution in [-0.2, 0) is 0 Å². The average molecular weight is 451 g/mol. The molecule has 3 amide bonds. The van der Waals surface area contributed by atoms with Gasteiger partial charge < -0.3 is 5.32 Å². The van der Waals surface area contributed by atoms with E-state index in [2.05, 4.69) is 5.32 Å². The number of rotatable bonds is 7. The lowest BCUT2D eigenvalue weighted by Crippen LogP contribution is -2.30. The number of hydrogen-bond donors (Lipinski definition) is 1. The van der Waals surface area contributed by atoms with Crippen molar-refractivity contribution in [2.24, 2.45) is 0 Å². The maximum atomic E-state index is 12.4. The molecule has 0 bridgehead atoms. The van der Waals surface area contributed by atoms with Gasteiger partial charge in [0.1, 0.15) is 0 Å². The Balaban J connectivity index is 1.30. The quantitative estimate of drug-likeness (QED) is 0.298. The van der Waals surface area contributed by atoms with E-state index in [-0.39, 0.29) is 17.7 Å². The van der Waals surface area contributed by atoms with Crippen molar-refractivity contribution in [2.75, 3.05) is 17.6 Å². The fourth-order valence-corrected chi connectivity index (χ4v) is 4.44. The fraction of sp³-hybridized carbons (Fsp3) is 0.125. The molecule has 0 saturated carbocycles. The molecule has 1 aliphatic heterocycles. The highest BCUT2D eigenvalue weighted by atomic mass is 35.5. The van der Waals surface area contributed by atoms with Gasteiger partial charge in [0.05, 0.1) is 11.1 Å². The number of carbonyl (C=O) groups is 3. The summed E-state index contributed by atoms with van der Waals surface area (Å²) in [5, 5.41) is 3.38. The van der Waals surface area contributed by atoms with Gasteiger partial charge in [-0.1, -0.05) is 35.9 Å². The molecule has 5 nitrogen and oxygen atoms in total. The summed E-state index contributed by atoms with van der Waals surface area (Å²) in [4.78, 5) is 39.5. The van der Waals surface area contributed by atoms with Crippen molar-refractivity contribution in [1.29, 1.82) is 0 Å². The summed E-state index contributed by atoms with van der Waals surface area (Å²) < 4.78 is 0. The molecule has 7 heteroatoms. The van der Waals surface area contributed by atoms with Crippen LogP contribution in [0.5, 0.6) is 0 Å². The topological polar surface area (TPSA) is 66.5 Å². The number of nitrogens with zero attached hydrogens (tertiary/aromatic N) is 1. The Bertz CT molecular complexity index is 1130. The smallest absolute Gasteiger partial charge is 0.261 e. The number of halogens is 1. The highest BCUT2D eigenvalue weighted by molar-refractivity contribution is 7.99. The molecule has 0 saturated heterocycles. The highest BCUT2D eigenvalue weighted by Crippen LogP contribution is 2.25. The minimum absolute atomic E-state index is 0.226. The Labute approximate surface area is 189 Å². The molecule has 0 unspecified atom stereocenters. The SMILES string of the molecule is O=C(Nc1cccc(SCCCN2C(=O)c3ccccc3C2=O)c1)c1cccc(Cl)c1. The molecule has 0 aromatic heterocycles. The van der Waals surface area contributed by atoms with Crippen molar-refractivity contribution >= 4 is 46.8 Å². The molecule has 156 valence electrons. The van der Waals surface area contributed by atoms with Gasteiger partial charge in [0.15, 0.2) is 0 Å². The largest absolute Gasteiger partial charge is 0.322 e. The van der Waals surface area contributed by atoms with Crippen molar-refractivity contribution in [1.82, 2.24) is 4.90 Å². The summed E-state index contributed by atoms with van der Waals surface area (Å²) in [5.74, 6) is 0.0574. The molecule has 1 N–H and O–H groups in total. The van der Waals surface area contributed by atoms with E-state index < -0.39 is 0 Å². The zero-order valence-corrected chi connectivity index (χ0v) is 18.1. The first-order valence-corrected chi connectivity index (χ1v) is 11.1. The number of hydrogen-bond acceptors (Lipinski definition) is 4. The Morgan fingerprint density at radius 3 is 2.32 bits per heavy atom. The van der Waals surface area contributed by atoms with Gasteiger partial charge in [0, 0.05) is 27.7 Å². The first-order chi connectivity index (χ1) is 15.0. The van der Waals surface area contributed by atoms with E-state index in [1.165, 1.54) is 4.90 Å². The van der Waals surface area contributed by atoms with Crippen LogP contribution in [0.4, 0.5) is 5.69 Å². The molecule has 0 atom stereocenters. The van der Waals surface area contributed by atoms with Gasteiger partial charge in [-0.3, -0.25) is 19.3 Å². The number of carbonyl (C=O) groups excluding carboxylic acids is 3. The Morgan fingerprint density at radius 2 is 1.61 bits per heavy atom. The van der Waals surface area contributed by atoms with Crippen molar-refractivity contribution in [2.45, 2.75) is 11.3 Å². The van der Waals surface area contributed by atoms with Gasteiger partial charge in [0.2, 0.25) is 0 Å². The number of fused-ring (bicyclic) bond motifs is 1. The van der Waals surface area contributed by atoms with Crippen molar-refractivity contribution < 1.29 is 14.4 Å². The molecule has 0 radical (unpaired) electrons. The maximum Gasteiger partial charge on any atom is 0.261 e. The Kier molecular flexibility index (Phi) is 6.39. The number of nitrogens with one attached hydrogen (secondary N) is 1. The van der Waals surface area contributed by atoms with E-state index in [0.717, 1.165) is 10.6 Å². The predicted octanol–water partition coefficient (Wildman–Crippen LogP) is 5.37. The van der Waals surface area contributed by atoms with E-state index in [1.807, 2.05) is 24.3 Å². The summed E-state index contributed by atoms with van der Waals surface area (Å²) in [5.41, 5.74) is 2.13. The van der Waals surface area contributed by atoms with Crippen molar-refractivity contribution in [3.05, 3.63) is 94.5 Å². The summed E-state index contributed by atoms with van der Waals surface area (Å²) in [7, 11) is 0. The predicted molar refractivity (Wildman–Crippen MR) is 123 cm³/mol. The van der Waals surface area contributed by atoms with E-state index in [4.69, 9.17) is 11.6 Å². The van der Waals surface area contributed by atoms with Crippen LogP contribution in [0.15, 0.2) is 77.7 Å². The third-order valence-corrected chi connectivity index (χ3v) is 6.17. The molecule has 4 rings (SSSR count). The number of anilines is 1. The Hall–Kier alpha value is -3.09. The number of thioether (sulfide) groups is 1. The molecule has 1 heterocycles. The molecular formula is C24H19ClN2O3S. The van der Waals surface area contributed by atoms with E-state index in [9.17, 15) is 14.4 Å². The van der Waals surface area contributed by atoms with Crippen LogP contribution >= 0.6 is 23.4 Å². The van der Waals surface area contributed by atoms with Crippen LogP contribution in [0.25, 0.3) is 0 Å². The van der Waals surface area contributed by atoms with Crippen LogP contribution in [0.1, 0.15) is 37.5 Å². The molecule has 0 aliphatic carbocycles. The third-order valence-electron chi connectivity index (χ3n) is 4.85. The van der Waals surface area contributed by atoms with Crippen LogP contribution < -0.4 is 5.32 Å². The van der Waals surface area contributed by atoms with Gasteiger partial charge in [-0.2, -0.15) is 0 Å². The van der Waals surface area contributed by atoms with E-state index in [0.29, 0.717) is 40.4 Å². The average Bonchev–Trinajstić information content (AvgIpc) is 3.02. The number of amides is 3. The second kappa shape index (κ2) is 9.37. The van der Waals surface area contributed by atoms with Gasteiger partial charge in [0.25, 0.3) is 17.7 Å². The number of imide groups is 1. The van der Waals surface area contributed by atoms with E-state index in [1.54, 1.807) is 60.3 Å². The standard InChI is InChI=1S/C24H19ClN2O3S/c25-17-7-3-6-16(14-17)22(28)26-18-8-4-9-19(15-18)31-13-5-12-27-23(29)20-10-1-2-11-21(20)24(27)30/h1-4,6-11,14-15H,5,12-13H2,(H,26,28). The van der Waals surface area contributed by atoms with Crippen LogP contribution in [-0.4, -0.2) is 34.9 Å². The monoisotopic (exact) mass is 450 g/mol. The van der Waals surface area contributed by atoms with Gasteiger partial charge in [-0.15, -0.1) is 11.8 Å². The summed E-state index contributed by atoms with van der Waals surface area (Å²) in [6.07, 6.45) is 0.676. The summed E-state index contributed by atoms with van der Waals surface area (Å²) >= 11 is 7.56. The van der Waals surface area contributed by atoms with E-state index >= 15 is 0 Å². The molecule has 3 aromatic carbocycles. The lowest BCUT2D eigenvalue weighted by Gasteiger charge is -2.13. The molecule has 3 aromatic rings. The summed E-state index contributed by atoms with van der Waals surface area (Å²) in [6.45, 7) is 0.380. The van der Waals surface area contributed by atoms with Gasteiger partial charge >= 0.3 is 0 Å². The minimum atomic E-state index is -0.227. The molecule has 0 spiro atoms. The number of benzene rings is 3. The van der Waals surface area contributed by atoms with Crippen LogP contribution in [0.2, 0.25) is 5.02 Å². The van der Waals surface area contributed by atoms with Crippen LogP contribution in [0, 0.1) is 0 Å². The second-order valence-electron chi connectivity index (χ2n) is 7.00. The molecular weight excluding hydrogens is 432 g/mol. The zero-order valence-electron chi connectivity index (χ0n) is 16.5. The van der Waals surface area contributed by atoms with Crippen molar-refractivity contribution in [3.8, 4) is 0 Å². The highest BCUT2D eigenvalue weighted by Gasteiger charge is 2.34. The maximum absolute atomic E-state index is 12.4. The first-order valence-electron chi connectivity index (χ1n) is 9.78. The third kappa shape index (κ3) is 4.81. The molecule has 0 fully saturated rings. The second-order valence-corrected chi connectivity index (χ2v) is 8.61.